The Bertz CT molecular complexity index is 732. The molecule has 2 aromatic rings. The summed E-state index contributed by atoms with van der Waals surface area (Å²) in [7, 11) is 1.69. The number of ether oxygens (including phenoxy) is 2. The monoisotopic (exact) mass is 364 g/mol. The summed E-state index contributed by atoms with van der Waals surface area (Å²) >= 11 is 6.38. The molecule has 0 aliphatic carbocycles. The quantitative estimate of drug-likeness (QED) is 0.815. The van der Waals surface area contributed by atoms with Crippen LogP contribution in [0.5, 0.6) is 0 Å². The van der Waals surface area contributed by atoms with Crippen molar-refractivity contribution in [3.8, 4) is 11.4 Å². The van der Waals surface area contributed by atoms with Crippen molar-refractivity contribution in [2.45, 2.75) is 39.0 Å². The van der Waals surface area contributed by atoms with E-state index in [0.29, 0.717) is 18.2 Å². The van der Waals surface area contributed by atoms with Crippen LogP contribution in [0.25, 0.3) is 11.4 Å². The maximum absolute atomic E-state index is 6.38. The van der Waals surface area contributed by atoms with E-state index >= 15 is 0 Å². The first-order valence-corrected chi connectivity index (χ1v) is 8.89. The van der Waals surface area contributed by atoms with Gasteiger partial charge in [0.15, 0.2) is 5.82 Å². The van der Waals surface area contributed by atoms with E-state index in [1.54, 1.807) is 7.11 Å². The number of morpholine rings is 1. The largest absolute Gasteiger partial charge is 0.383 e. The zero-order valence-electron chi connectivity index (χ0n) is 15.2. The van der Waals surface area contributed by atoms with Crippen LogP contribution in [0.15, 0.2) is 24.3 Å². The first-order chi connectivity index (χ1) is 11.9. The van der Waals surface area contributed by atoms with Crippen LogP contribution in [-0.4, -0.2) is 53.3 Å². The van der Waals surface area contributed by atoms with Gasteiger partial charge in [-0.25, -0.2) is 0 Å². The van der Waals surface area contributed by atoms with Crippen molar-refractivity contribution in [2.24, 2.45) is 0 Å². The summed E-state index contributed by atoms with van der Waals surface area (Å²) in [5.41, 5.74) is 0.639. The molecule has 1 aromatic heterocycles. The number of aromatic nitrogens is 3. The molecule has 136 valence electrons. The third kappa shape index (κ3) is 3.97. The van der Waals surface area contributed by atoms with Gasteiger partial charge in [-0.2, -0.15) is 0 Å². The highest BCUT2D eigenvalue weighted by Crippen LogP contribution is 2.31. The van der Waals surface area contributed by atoms with Crippen molar-refractivity contribution in [1.82, 2.24) is 14.8 Å². The smallest absolute Gasteiger partial charge is 0.227 e. The maximum atomic E-state index is 6.38. The summed E-state index contributed by atoms with van der Waals surface area (Å²) in [6, 6.07) is 7.70. The van der Waals surface area contributed by atoms with E-state index in [-0.39, 0.29) is 11.7 Å². The van der Waals surface area contributed by atoms with E-state index in [4.69, 9.17) is 21.1 Å². The summed E-state index contributed by atoms with van der Waals surface area (Å²) < 4.78 is 13.4. The molecule has 0 unspecified atom stereocenters. The molecule has 0 saturated carbocycles. The van der Waals surface area contributed by atoms with E-state index in [0.717, 1.165) is 30.4 Å². The molecular weight excluding hydrogens is 340 g/mol. The number of rotatable bonds is 5. The van der Waals surface area contributed by atoms with Crippen molar-refractivity contribution in [3.63, 3.8) is 0 Å². The molecule has 1 aromatic carbocycles. The summed E-state index contributed by atoms with van der Waals surface area (Å²) in [6.45, 7) is 9.04. The van der Waals surface area contributed by atoms with Gasteiger partial charge in [0.25, 0.3) is 0 Å². The number of methoxy groups -OCH3 is 1. The predicted octanol–water partition coefficient (Wildman–Crippen LogP) is 3.25. The second kappa shape index (κ2) is 7.32. The maximum Gasteiger partial charge on any atom is 0.227 e. The van der Waals surface area contributed by atoms with Crippen LogP contribution in [-0.2, 0) is 16.0 Å². The molecule has 0 amide bonds. The molecule has 1 saturated heterocycles. The van der Waals surface area contributed by atoms with Gasteiger partial charge in [-0.05, 0) is 32.9 Å². The third-order valence-electron chi connectivity index (χ3n) is 4.22. The SMILES string of the molecule is COCCn1c(-c2ccccc2Cl)nnc1N1C[C@@H](C)OC(C)(C)C1. The summed E-state index contributed by atoms with van der Waals surface area (Å²) in [6.07, 6.45) is 0.125. The fraction of sp³-hybridized carbons (Fsp3) is 0.556. The molecule has 1 aliphatic rings. The average Bonchev–Trinajstić information content (AvgIpc) is 2.95. The van der Waals surface area contributed by atoms with Crippen molar-refractivity contribution in [2.75, 3.05) is 31.7 Å². The molecule has 1 fully saturated rings. The van der Waals surface area contributed by atoms with Crippen molar-refractivity contribution in [3.05, 3.63) is 29.3 Å². The molecule has 6 nitrogen and oxygen atoms in total. The third-order valence-corrected chi connectivity index (χ3v) is 4.55. The van der Waals surface area contributed by atoms with Gasteiger partial charge >= 0.3 is 0 Å². The zero-order valence-corrected chi connectivity index (χ0v) is 16.0. The normalized spacial score (nSPS) is 20.0. The minimum absolute atomic E-state index is 0.125. The Morgan fingerprint density at radius 3 is 2.76 bits per heavy atom. The molecule has 7 heteroatoms. The average molecular weight is 365 g/mol. The number of hydrogen-bond acceptors (Lipinski definition) is 5. The number of halogens is 1. The second-order valence-electron chi connectivity index (χ2n) is 7.02. The molecule has 3 rings (SSSR count). The number of hydrogen-bond donors (Lipinski definition) is 0. The second-order valence-corrected chi connectivity index (χ2v) is 7.42. The molecule has 0 bridgehead atoms. The summed E-state index contributed by atoms with van der Waals surface area (Å²) in [4.78, 5) is 2.23. The zero-order chi connectivity index (χ0) is 18.0. The van der Waals surface area contributed by atoms with Gasteiger partial charge in [0.2, 0.25) is 5.95 Å². The first kappa shape index (κ1) is 18.2. The van der Waals surface area contributed by atoms with Gasteiger partial charge in [-0.3, -0.25) is 4.57 Å². The van der Waals surface area contributed by atoms with Crippen LogP contribution >= 0.6 is 11.6 Å². The van der Waals surface area contributed by atoms with Gasteiger partial charge in [0.1, 0.15) is 0 Å². The minimum Gasteiger partial charge on any atom is -0.383 e. The highest BCUT2D eigenvalue weighted by Gasteiger charge is 2.34. The van der Waals surface area contributed by atoms with E-state index in [1.807, 2.05) is 24.3 Å². The Labute approximate surface area is 153 Å². The van der Waals surface area contributed by atoms with Crippen LogP contribution in [0.1, 0.15) is 20.8 Å². The van der Waals surface area contributed by atoms with Gasteiger partial charge < -0.3 is 14.4 Å². The van der Waals surface area contributed by atoms with Gasteiger partial charge in [0, 0.05) is 25.8 Å². The van der Waals surface area contributed by atoms with Gasteiger partial charge in [0.05, 0.1) is 29.9 Å². The van der Waals surface area contributed by atoms with Crippen LogP contribution < -0.4 is 4.90 Å². The Hall–Kier alpha value is -1.63. The molecule has 0 radical (unpaired) electrons. The van der Waals surface area contributed by atoms with E-state index in [9.17, 15) is 0 Å². The Morgan fingerprint density at radius 1 is 1.32 bits per heavy atom. The standard InChI is InChI=1S/C18H25ClN4O2/c1-13-11-22(12-18(2,3)25-13)17-21-20-16(23(17)9-10-24-4)14-7-5-6-8-15(14)19/h5-8,13H,9-12H2,1-4H3/t13-/m1/s1. The Kier molecular flexibility index (Phi) is 5.32. The fourth-order valence-corrected chi connectivity index (χ4v) is 3.59. The number of benzene rings is 1. The number of anilines is 1. The van der Waals surface area contributed by atoms with Crippen LogP contribution in [0.4, 0.5) is 5.95 Å². The van der Waals surface area contributed by atoms with Crippen molar-refractivity contribution < 1.29 is 9.47 Å². The lowest BCUT2D eigenvalue weighted by Gasteiger charge is -2.42. The van der Waals surface area contributed by atoms with Crippen LogP contribution in [0.3, 0.4) is 0 Å². The van der Waals surface area contributed by atoms with Gasteiger partial charge in [-0.1, -0.05) is 23.7 Å². The lowest BCUT2D eigenvalue weighted by atomic mass is 10.1. The first-order valence-electron chi connectivity index (χ1n) is 8.51. The van der Waals surface area contributed by atoms with Crippen molar-refractivity contribution >= 4 is 17.5 Å². The summed E-state index contributed by atoms with van der Waals surface area (Å²) in [5.74, 6) is 1.59. The highest BCUT2D eigenvalue weighted by molar-refractivity contribution is 6.33. The van der Waals surface area contributed by atoms with E-state index in [1.165, 1.54) is 0 Å². The highest BCUT2D eigenvalue weighted by atomic mass is 35.5. The predicted molar refractivity (Wildman–Crippen MR) is 99.2 cm³/mol. The van der Waals surface area contributed by atoms with Crippen molar-refractivity contribution in [1.29, 1.82) is 0 Å². The molecule has 1 aliphatic heterocycles. The molecule has 0 spiro atoms. The fourth-order valence-electron chi connectivity index (χ4n) is 3.37. The molecule has 1 atom stereocenters. The number of nitrogens with zero attached hydrogens (tertiary/aromatic N) is 4. The Morgan fingerprint density at radius 2 is 2.08 bits per heavy atom. The lowest BCUT2D eigenvalue weighted by Crippen LogP contribution is -2.52. The molecule has 2 heterocycles. The van der Waals surface area contributed by atoms with E-state index in [2.05, 4.69) is 40.4 Å². The summed E-state index contributed by atoms with van der Waals surface area (Å²) in [5, 5.41) is 9.58. The molecule has 0 N–H and O–H groups in total. The van der Waals surface area contributed by atoms with Crippen LogP contribution in [0.2, 0.25) is 5.02 Å². The Balaban J connectivity index is 2.01. The van der Waals surface area contributed by atoms with E-state index < -0.39 is 0 Å². The minimum atomic E-state index is -0.236. The molecule has 25 heavy (non-hydrogen) atoms. The molecular formula is C18H25ClN4O2. The van der Waals surface area contributed by atoms with Gasteiger partial charge in [-0.15, -0.1) is 10.2 Å². The van der Waals surface area contributed by atoms with Crippen LogP contribution in [0, 0.1) is 0 Å². The lowest BCUT2D eigenvalue weighted by molar-refractivity contribution is -0.0755. The topological polar surface area (TPSA) is 52.4 Å².